The molecular formula is C11H11NO2. The molecule has 0 bridgehead atoms. The molecule has 0 unspecified atom stereocenters. The zero-order valence-corrected chi connectivity index (χ0v) is 7.86. The summed E-state index contributed by atoms with van der Waals surface area (Å²) in [5.74, 6) is -0.175. The maximum atomic E-state index is 11.1. The Morgan fingerprint density at radius 3 is 2.43 bits per heavy atom. The molecule has 0 spiro atoms. The largest absolute Gasteiger partial charge is 0.323 e. The third-order valence-corrected chi connectivity index (χ3v) is 1.63. The molecule has 1 rings (SSSR count). The Morgan fingerprint density at radius 2 is 1.93 bits per heavy atom. The van der Waals surface area contributed by atoms with Gasteiger partial charge in [0.2, 0.25) is 5.91 Å². The van der Waals surface area contributed by atoms with Gasteiger partial charge in [-0.25, -0.2) is 0 Å². The van der Waals surface area contributed by atoms with Crippen LogP contribution in [-0.2, 0) is 4.79 Å². The molecule has 3 heteroatoms. The number of rotatable bonds is 3. The zero-order valence-electron chi connectivity index (χ0n) is 7.86. The van der Waals surface area contributed by atoms with Gasteiger partial charge in [-0.1, -0.05) is 6.08 Å². The van der Waals surface area contributed by atoms with Crippen LogP contribution in [0.1, 0.15) is 17.3 Å². The van der Waals surface area contributed by atoms with Gasteiger partial charge >= 0.3 is 0 Å². The molecular weight excluding hydrogens is 178 g/mol. The van der Waals surface area contributed by atoms with Crippen molar-refractivity contribution in [2.24, 2.45) is 0 Å². The quantitative estimate of drug-likeness (QED) is 0.584. The summed E-state index contributed by atoms with van der Waals surface area (Å²) in [4.78, 5) is 21.4. The van der Waals surface area contributed by atoms with Gasteiger partial charge in [0.15, 0.2) is 0 Å². The number of allylic oxidation sites excluding steroid dienone is 1. The molecule has 1 aromatic rings. The number of carbonyl (C=O) groups is 2. The molecule has 1 amide bonds. The van der Waals surface area contributed by atoms with E-state index in [-0.39, 0.29) is 5.91 Å². The van der Waals surface area contributed by atoms with E-state index >= 15 is 0 Å². The van der Waals surface area contributed by atoms with E-state index in [1.807, 2.05) is 0 Å². The van der Waals surface area contributed by atoms with Crippen molar-refractivity contribution in [3.63, 3.8) is 0 Å². The summed E-state index contributed by atoms with van der Waals surface area (Å²) in [6, 6.07) is 6.67. The molecule has 1 aromatic carbocycles. The number of carbonyl (C=O) groups excluding carboxylic acids is 2. The lowest BCUT2D eigenvalue weighted by Gasteiger charge is -2.01. The van der Waals surface area contributed by atoms with Gasteiger partial charge in [-0.3, -0.25) is 9.59 Å². The number of aldehydes is 1. The number of amides is 1. The molecule has 1 N–H and O–H groups in total. The predicted octanol–water partition coefficient (Wildman–Crippen LogP) is 2.01. The molecule has 0 atom stereocenters. The van der Waals surface area contributed by atoms with Crippen LogP contribution in [0.5, 0.6) is 0 Å². The van der Waals surface area contributed by atoms with Crippen molar-refractivity contribution in [3.05, 3.63) is 42.0 Å². The first-order chi connectivity index (χ1) is 6.76. The molecule has 0 aliphatic heterocycles. The van der Waals surface area contributed by atoms with Gasteiger partial charge < -0.3 is 5.32 Å². The van der Waals surface area contributed by atoms with Gasteiger partial charge in [0.25, 0.3) is 0 Å². The highest BCUT2D eigenvalue weighted by Crippen LogP contribution is 2.07. The second-order valence-corrected chi connectivity index (χ2v) is 2.73. The van der Waals surface area contributed by atoms with E-state index in [2.05, 4.69) is 5.32 Å². The van der Waals surface area contributed by atoms with Gasteiger partial charge in [0, 0.05) is 11.3 Å². The van der Waals surface area contributed by atoms with Crippen LogP contribution in [0.15, 0.2) is 36.4 Å². The lowest BCUT2D eigenvalue weighted by atomic mass is 10.2. The summed E-state index contributed by atoms with van der Waals surface area (Å²) in [6.07, 6.45) is 3.86. The minimum Gasteiger partial charge on any atom is -0.323 e. The Kier molecular flexibility index (Phi) is 3.61. The fraction of sp³-hybridized carbons (Fsp3) is 0.0909. The van der Waals surface area contributed by atoms with Crippen molar-refractivity contribution in [2.75, 3.05) is 5.32 Å². The highest BCUT2D eigenvalue weighted by molar-refractivity contribution is 5.99. The summed E-state index contributed by atoms with van der Waals surface area (Å²) in [5, 5.41) is 2.65. The normalized spacial score (nSPS) is 10.1. The van der Waals surface area contributed by atoms with E-state index in [4.69, 9.17) is 0 Å². The summed E-state index contributed by atoms with van der Waals surface area (Å²) in [5.41, 5.74) is 1.27. The Balaban J connectivity index is 2.68. The van der Waals surface area contributed by atoms with Gasteiger partial charge in [-0.15, -0.1) is 0 Å². The first-order valence-corrected chi connectivity index (χ1v) is 4.25. The Hall–Kier alpha value is -1.90. The van der Waals surface area contributed by atoms with Crippen LogP contribution in [0.2, 0.25) is 0 Å². The van der Waals surface area contributed by atoms with Crippen LogP contribution in [0.3, 0.4) is 0 Å². The highest BCUT2D eigenvalue weighted by Gasteiger charge is 1.96. The molecule has 0 saturated carbocycles. The molecule has 0 fully saturated rings. The van der Waals surface area contributed by atoms with Gasteiger partial charge in [0.1, 0.15) is 6.29 Å². The second kappa shape index (κ2) is 4.97. The third kappa shape index (κ3) is 2.86. The summed E-state index contributed by atoms with van der Waals surface area (Å²) < 4.78 is 0. The molecule has 14 heavy (non-hydrogen) atoms. The molecule has 0 radical (unpaired) electrons. The summed E-state index contributed by atoms with van der Waals surface area (Å²) in [7, 11) is 0. The van der Waals surface area contributed by atoms with Gasteiger partial charge in [-0.2, -0.15) is 0 Å². The molecule has 0 heterocycles. The van der Waals surface area contributed by atoms with Crippen molar-refractivity contribution in [3.8, 4) is 0 Å². The first-order valence-electron chi connectivity index (χ1n) is 4.25. The topological polar surface area (TPSA) is 46.2 Å². The Morgan fingerprint density at radius 1 is 1.29 bits per heavy atom. The average Bonchev–Trinajstić information content (AvgIpc) is 2.19. The fourth-order valence-corrected chi connectivity index (χ4v) is 0.980. The second-order valence-electron chi connectivity index (χ2n) is 2.73. The van der Waals surface area contributed by atoms with E-state index in [9.17, 15) is 9.59 Å². The van der Waals surface area contributed by atoms with E-state index in [1.54, 1.807) is 37.3 Å². The number of anilines is 1. The minimum absolute atomic E-state index is 0.175. The van der Waals surface area contributed by atoms with Crippen LogP contribution in [0.25, 0.3) is 0 Å². The summed E-state index contributed by atoms with van der Waals surface area (Å²) in [6.45, 7) is 1.77. The molecule has 72 valence electrons. The number of hydrogen-bond donors (Lipinski definition) is 1. The Labute approximate surface area is 82.4 Å². The molecule has 0 aromatic heterocycles. The lowest BCUT2D eigenvalue weighted by Crippen LogP contribution is -2.07. The molecule has 3 nitrogen and oxygen atoms in total. The van der Waals surface area contributed by atoms with E-state index < -0.39 is 0 Å². The average molecular weight is 189 g/mol. The van der Waals surface area contributed by atoms with Crippen molar-refractivity contribution in [1.29, 1.82) is 0 Å². The number of hydrogen-bond acceptors (Lipinski definition) is 2. The lowest BCUT2D eigenvalue weighted by molar-refractivity contribution is -0.111. The van der Waals surface area contributed by atoms with E-state index in [0.717, 1.165) is 6.29 Å². The van der Waals surface area contributed by atoms with Crippen molar-refractivity contribution >= 4 is 17.9 Å². The van der Waals surface area contributed by atoms with Crippen LogP contribution in [0, 0.1) is 0 Å². The third-order valence-electron chi connectivity index (χ3n) is 1.63. The SMILES string of the molecule is C/C=C/C(=O)Nc1ccc(C=O)cc1. The predicted molar refractivity (Wildman–Crippen MR) is 55.3 cm³/mol. The molecule has 0 saturated heterocycles. The standard InChI is InChI=1S/C11H11NO2/c1-2-3-11(14)12-10-6-4-9(8-13)5-7-10/h2-8H,1H3,(H,12,14)/b3-2+. The Bertz CT molecular complexity index is 352. The maximum Gasteiger partial charge on any atom is 0.248 e. The fourth-order valence-electron chi connectivity index (χ4n) is 0.980. The van der Waals surface area contributed by atoms with Crippen LogP contribution in [-0.4, -0.2) is 12.2 Å². The molecule has 0 aliphatic rings. The van der Waals surface area contributed by atoms with Crippen LogP contribution < -0.4 is 5.32 Å². The first kappa shape index (κ1) is 10.2. The van der Waals surface area contributed by atoms with Crippen molar-refractivity contribution in [2.45, 2.75) is 6.92 Å². The highest BCUT2D eigenvalue weighted by atomic mass is 16.1. The number of nitrogens with one attached hydrogen (secondary N) is 1. The van der Waals surface area contributed by atoms with Crippen molar-refractivity contribution < 1.29 is 9.59 Å². The minimum atomic E-state index is -0.175. The monoisotopic (exact) mass is 189 g/mol. The van der Waals surface area contributed by atoms with Crippen molar-refractivity contribution in [1.82, 2.24) is 0 Å². The zero-order chi connectivity index (χ0) is 10.4. The maximum absolute atomic E-state index is 11.1. The van der Waals surface area contributed by atoms with E-state index in [0.29, 0.717) is 11.3 Å². The van der Waals surface area contributed by atoms with Crippen LogP contribution >= 0.6 is 0 Å². The van der Waals surface area contributed by atoms with E-state index in [1.165, 1.54) is 6.08 Å². The smallest absolute Gasteiger partial charge is 0.248 e. The van der Waals surface area contributed by atoms with Crippen LogP contribution in [0.4, 0.5) is 5.69 Å². The summed E-state index contributed by atoms with van der Waals surface area (Å²) >= 11 is 0. The van der Waals surface area contributed by atoms with Gasteiger partial charge in [-0.05, 0) is 37.3 Å². The molecule has 0 aliphatic carbocycles. The number of benzene rings is 1. The van der Waals surface area contributed by atoms with Gasteiger partial charge in [0.05, 0.1) is 0 Å².